The van der Waals surface area contributed by atoms with Crippen molar-refractivity contribution in [3.63, 3.8) is 0 Å². The van der Waals surface area contributed by atoms with Gasteiger partial charge in [-0.25, -0.2) is 8.78 Å². The van der Waals surface area contributed by atoms with Gasteiger partial charge < -0.3 is 19.7 Å². The van der Waals surface area contributed by atoms with E-state index in [1.54, 1.807) is 6.07 Å². The SMILES string of the molecule is CC(=O)OC(CCC[C@@H](C)[C@H]1CC[C@H]2[C@H]3[C@H](CC[C@]12C)[C@@]1(C)CC[C@H](O)[C@H](O)[C@@H]1CC3(F)F)c1ccccc1OC(F)(F)F. The number of carbonyl (C=O) groups is 1. The first kappa shape index (κ1) is 33.4. The first-order chi connectivity index (χ1) is 20.5. The largest absolute Gasteiger partial charge is 0.573 e. The molecule has 0 aliphatic heterocycles. The predicted molar refractivity (Wildman–Crippen MR) is 154 cm³/mol. The highest BCUT2D eigenvalue weighted by atomic mass is 19.4. The van der Waals surface area contributed by atoms with Crippen LogP contribution in [0, 0.1) is 46.3 Å². The molecule has 4 aliphatic rings. The van der Waals surface area contributed by atoms with Crippen LogP contribution in [0.5, 0.6) is 5.75 Å². The number of esters is 1. The molecular formula is C34H47F5O5. The molecule has 0 amide bonds. The lowest BCUT2D eigenvalue weighted by Crippen LogP contribution is -2.64. The van der Waals surface area contributed by atoms with Crippen LogP contribution < -0.4 is 4.74 Å². The van der Waals surface area contributed by atoms with Crippen LogP contribution in [0.25, 0.3) is 0 Å². The molecule has 44 heavy (non-hydrogen) atoms. The van der Waals surface area contributed by atoms with Gasteiger partial charge in [-0.05, 0) is 97.9 Å². The highest BCUT2D eigenvalue weighted by Gasteiger charge is 2.69. The van der Waals surface area contributed by atoms with E-state index >= 15 is 8.78 Å². The normalized spacial score (nSPS) is 39.4. The number of hydrogen-bond acceptors (Lipinski definition) is 5. The minimum Gasteiger partial charge on any atom is -0.458 e. The lowest BCUT2D eigenvalue weighted by atomic mass is 9.43. The number of halogens is 5. The Morgan fingerprint density at radius 1 is 0.977 bits per heavy atom. The van der Waals surface area contributed by atoms with Gasteiger partial charge in [0, 0.05) is 24.8 Å². The smallest absolute Gasteiger partial charge is 0.458 e. The van der Waals surface area contributed by atoms with E-state index in [2.05, 4.69) is 25.5 Å². The van der Waals surface area contributed by atoms with Crippen molar-refractivity contribution in [2.45, 2.75) is 122 Å². The van der Waals surface area contributed by atoms with Crippen molar-refractivity contribution in [3.8, 4) is 5.75 Å². The molecule has 5 rings (SSSR count). The molecule has 0 heterocycles. The van der Waals surface area contributed by atoms with Gasteiger partial charge in [-0.1, -0.05) is 45.4 Å². The molecule has 0 aromatic heterocycles. The number of fused-ring (bicyclic) bond motifs is 5. The summed E-state index contributed by atoms with van der Waals surface area (Å²) in [7, 11) is 0. The number of para-hydroxylation sites is 1. The lowest BCUT2D eigenvalue weighted by Gasteiger charge is -2.63. The van der Waals surface area contributed by atoms with Crippen LogP contribution in [0.4, 0.5) is 22.0 Å². The Bertz CT molecular complexity index is 1190. The lowest BCUT2D eigenvalue weighted by molar-refractivity contribution is -0.275. The maximum Gasteiger partial charge on any atom is 0.573 e. The number of carbonyl (C=O) groups excluding carboxylic acids is 1. The van der Waals surface area contributed by atoms with Gasteiger partial charge >= 0.3 is 12.3 Å². The van der Waals surface area contributed by atoms with E-state index in [0.29, 0.717) is 32.1 Å². The van der Waals surface area contributed by atoms with Crippen molar-refractivity contribution in [2.24, 2.45) is 46.3 Å². The molecule has 0 spiro atoms. The van der Waals surface area contributed by atoms with Crippen molar-refractivity contribution in [1.29, 1.82) is 0 Å². The molecule has 4 aliphatic carbocycles. The van der Waals surface area contributed by atoms with Crippen LogP contribution in [-0.2, 0) is 9.53 Å². The van der Waals surface area contributed by atoms with Crippen molar-refractivity contribution in [2.75, 3.05) is 0 Å². The van der Waals surface area contributed by atoms with E-state index < -0.39 is 59.6 Å². The van der Waals surface area contributed by atoms with Crippen LogP contribution >= 0.6 is 0 Å². The third-order valence-electron chi connectivity index (χ3n) is 12.4. The third kappa shape index (κ3) is 6.10. The van der Waals surface area contributed by atoms with E-state index in [-0.39, 0.29) is 41.1 Å². The second-order valence-corrected chi connectivity index (χ2v) is 14.7. The molecule has 11 atom stereocenters. The summed E-state index contributed by atoms with van der Waals surface area (Å²) in [4.78, 5) is 11.9. The second kappa shape index (κ2) is 12.0. The molecule has 1 aromatic rings. The Labute approximate surface area is 256 Å². The maximum absolute atomic E-state index is 16.1. The van der Waals surface area contributed by atoms with Gasteiger partial charge in [0.15, 0.2) is 0 Å². The maximum atomic E-state index is 16.1. The molecule has 1 aromatic carbocycles. The number of ether oxygens (including phenoxy) is 2. The van der Waals surface area contributed by atoms with Crippen LogP contribution in [0.3, 0.4) is 0 Å². The first-order valence-corrected chi connectivity index (χ1v) is 16.2. The Morgan fingerprint density at radius 3 is 2.32 bits per heavy atom. The number of benzene rings is 1. The fourth-order valence-electron chi connectivity index (χ4n) is 10.4. The molecule has 4 fully saturated rings. The minimum absolute atomic E-state index is 0.134. The highest BCUT2D eigenvalue weighted by Crippen LogP contribution is 2.71. The van der Waals surface area contributed by atoms with Crippen molar-refractivity contribution in [1.82, 2.24) is 0 Å². The summed E-state index contributed by atoms with van der Waals surface area (Å²) in [5, 5.41) is 21.0. The fraction of sp³-hybridized carbons (Fsp3) is 0.794. The average molecular weight is 631 g/mol. The van der Waals surface area contributed by atoms with Crippen LogP contribution in [-0.4, -0.2) is 40.7 Å². The van der Waals surface area contributed by atoms with Gasteiger partial charge in [-0.3, -0.25) is 4.79 Å². The molecule has 248 valence electrons. The fourth-order valence-corrected chi connectivity index (χ4v) is 10.4. The highest BCUT2D eigenvalue weighted by molar-refractivity contribution is 5.66. The number of alkyl halides is 5. The van der Waals surface area contributed by atoms with E-state index in [1.807, 2.05) is 0 Å². The zero-order valence-corrected chi connectivity index (χ0v) is 26.1. The Morgan fingerprint density at radius 2 is 1.64 bits per heavy atom. The van der Waals surface area contributed by atoms with Crippen LogP contribution in [0.15, 0.2) is 24.3 Å². The van der Waals surface area contributed by atoms with Gasteiger partial charge in [-0.2, -0.15) is 0 Å². The van der Waals surface area contributed by atoms with Gasteiger partial charge in [0.05, 0.1) is 12.2 Å². The van der Waals surface area contributed by atoms with Crippen molar-refractivity contribution >= 4 is 5.97 Å². The molecule has 0 saturated heterocycles. The summed E-state index contributed by atoms with van der Waals surface area (Å²) in [6, 6.07) is 5.69. The van der Waals surface area contributed by atoms with E-state index in [4.69, 9.17) is 4.74 Å². The molecule has 1 unspecified atom stereocenters. The molecule has 2 N–H and O–H groups in total. The summed E-state index contributed by atoms with van der Waals surface area (Å²) in [5.41, 5.74) is -0.526. The van der Waals surface area contributed by atoms with E-state index in [1.165, 1.54) is 25.1 Å². The van der Waals surface area contributed by atoms with E-state index in [9.17, 15) is 28.2 Å². The Balaban J connectivity index is 1.28. The first-order valence-electron chi connectivity index (χ1n) is 16.2. The Hall–Kier alpha value is -1.94. The van der Waals surface area contributed by atoms with Crippen molar-refractivity contribution in [3.05, 3.63) is 29.8 Å². The molecule has 4 saturated carbocycles. The van der Waals surface area contributed by atoms with Gasteiger partial charge in [0.1, 0.15) is 11.9 Å². The number of aliphatic hydroxyl groups is 2. The number of aliphatic hydroxyl groups excluding tert-OH is 2. The second-order valence-electron chi connectivity index (χ2n) is 14.7. The standard InChI is InChI=1S/C34H47F5O5/c1-19(8-7-11-27(43-20(2)40)21-9-5-6-10-28(21)44-34(37,38)39)22-12-13-23-29-24(14-16-31(22,23)3)32(4)17-15-26(41)30(42)25(32)18-33(29,35)36/h5-6,9-10,19,22-27,29-30,41-42H,7-8,11-18H2,1-4H3/t19-,22-,23+,24+,25+,26+,27?,29+,30-,31-,32-/m1/s1. The molecule has 0 bridgehead atoms. The number of rotatable bonds is 8. The van der Waals surface area contributed by atoms with Gasteiger partial charge in [-0.15, -0.1) is 13.2 Å². The van der Waals surface area contributed by atoms with E-state index in [0.717, 1.165) is 25.7 Å². The van der Waals surface area contributed by atoms with Gasteiger partial charge in [0.25, 0.3) is 5.92 Å². The summed E-state index contributed by atoms with van der Waals surface area (Å²) in [6.45, 7) is 7.60. The molecule has 0 radical (unpaired) electrons. The predicted octanol–water partition coefficient (Wildman–Crippen LogP) is 8.23. The van der Waals surface area contributed by atoms with Crippen LogP contribution in [0.1, 0.15) is 104 Å². The summed E-state index contributed by atoms with van der Waals surface area (Å²) < 4.78 is 81.0. The van der Waals surface area contributed by atoms with Crippen LogP contribution in [0.2, 0.25) is 0 Å². The summed E-state index contributed by atoms with van der Waals surface area (Å²) in [5.74, 6) is -5.20. The summed E-state index contributed by atoms with van der Waals surface area (Å²) >= 11 is 0. The summed E-state index contributed by atoms with van der Waals surface area (Å²) in [6.07, 6.45) is -2.44. The monoisotopic (exact) mass is 630 g/mol. The Kier molecular flexibility index (Phi) is 9.13. The quantitative estimate of drug-likeness (QED) is 0.224. The topological polar surface area (TPSA) is 76.0 Å². The average Bonchev–Trinajstić information content (AvgIpc) is 3.28. The molecule has 10 heteroatoms. The third-order valence-corrected chi connectivity index (χ3v) is 12.4. The van der Waals surface area contributed by atoms with Crippen molar-refractivity contribution < 1.29 is 46.4 Å². The zero-order valence-electron chi connectivity index (χ0n) is 26.1. The van der Waals surface area contributed by atoms with Gasteiger partial charge in [0.2, 0.25) is 0 Å². The molecule has 5 nitrogen and oxygen atoms in total. The zero-order chi connectivity index (χ0) is 32.2. The number of hydrogen-bond donors (Lipinski definition) is 2. The minimum atomic E-state index is -4.88. The molecular weight excluding hydrogens is 583 g/mol.